The van der Waals surface area contributed by atoms with Gasteiger partial charge in [-0.05, 0) is 69.1 Å². The van der Waals surface area contributed by atoms with E-state index in [0.29, 0.717) is 17.5 Å². The van der Waals surface area contributed by atoms with E-state index in [9.17, 15) is 9.59 Å². The van der Waals surface area contributed by atoms with Gasteiger partial charge in [0.2, 0.25) is 0 Å². The molecule has 1 N–H and O–H groups in total. The lowest BCUT2D eigenvalue weighted by atomic mass is 10.1. The van der Waals surface area contributed by atoms with Gasteiger partial charge >= 0.3 is 0 Å². The molecule has 1 fully saturated rings. The first-order chi connectivity index (χ1) is 13.5. The summed E-state index contributed by atoms with van der Waals surface area (Å²) in [7, 11) is 0. The fourth-order valence-corrected chi connectivity index (χ4v) is 4.00. The van der Waals surface area contributed by atoms with Gasteiger partial charge in [-0.2, -0.15) is 0 Å². The van der Waals surface area contributed by atoms with E-state index in [0.717, 1.165) is 42.8 Å². The molecule has 1 saturated heterocycles. The van der Waals surface area contributed by atoms with Crippen LogP contribution in [0.2, 0.25) is 0 Å². The highest BCUT2D eigenvalue weighted by Crippen LogP contribution is 2.25. The maximum Gasteiger partial charge on any atom is 0.287 e. The second-order valence-electron chi connectivity index (χ2n) is 7.41. The highest BCUT2D eigenvalue weighted by molar-refractivity contribution is 5.93. The summed E-state index contributed by atoms with van der Waals surface area (Å²) in [5, 5.41) is 3.43. The zero-order valence-electron chi connectivity index (χ0n) is 16.2. The van der Waals surface area contributed by atoms with E-state index in [2.05, 4.69) is 10.2 Å². The lowest BCUT2D eigenvalue weighted by Crippen LogP contribution is -2.36. The molecule has 3 heterocycles. The van der Waals surface area contributed by atoms with Crippen LogP contribution < -0.4 is 10.7 Å². The first-order valence-corrected chi connectivity index (χ1v) is 9.63. The third kappa shape index (κ3) is 3.60. The number of nitrogens with one attached hydrogen (secondary N) is 1. The van der Waals surface area contributed by atoms with Gasteiger partial charge in [-0.15, -0.1) is 0 Å². The first kappa shape index (κ1) is 18.5. The van der Waals surface area contributed by atoms with E-state index in [1.165, 1.54) is 6.07 Å². The molecule has 1 aliphatic heterocycles. The Kier molecular flexibility index (Phi) is 5.05. The number of fused-ring (bicyclic) bond motifs is 1. The number of likely N-dealkylation sites (tertiary alicyclic amines) is 1. The van der Waals surface area contributed by atoms with Crippen molar-refractivity contribution in [2.24, 2.45) is 0 Å². The zero-order valence-corrected chi connectivity index (χ0v) is 16.2. The van der Waals surface area contributed by atoms with Crippen molar-refractivity contribution >= 4 is 16.9 Å². The predicted octanol–water partition coefficient (Wildman–Crippen LogP) is 3.57. The molecule has 6 nitrogen and oxygen atoms in total. The Morgan fingerprint density at radius 3 is 2.71 bits per heavy atom. The largest absolute Gasteiger partial charge is 0.468 e. The monoisotopic (exact) mass is 380 g/mol. The molecule has 0 radical (unpaired) electrons. The van der Waals surface area contributed by atoms with E-state index in [-0.39, 0.29) is 17.2 Å². The van der Waals surface area contributed by atoms with E-state index in [4.69, 9.17) is 8.83 Å². The molecule has 2 aromatic heterocycles. The van der Waals surface area contributed by atoms with Gasteiger partial charge in [-0.3, -0.25) is 14.5 Å². The van der Waals surface area contributed by atoms with Crippen LogP contribution >= 0.6 is 0 Å². The molecule has 0 unspecified atom stereocenters. The second kappa shape index (κ2) is 7.64. The van der Waals surface area contributed by atoms with Crippen LogP contribution in [0.3, 0.4) is 0 Å². The van der Waals surface area contributed by atoms with E-state index in [1.54, 1.807) is 12.3 Å². The van der Waals surface area contributed by atoms with Gasteiger partial charge in [0.15, 0.2) is 11.2 Å². The smallest absolute Gasteiger partial charge is 0.287 e. The summed E-state index contributed by atoms with van der Waals surface area (Å²) in [5.74, 6) is 0.462. The lowest BCUT2D eigenvalue weighted by Gasteiger charge is -2.25. The number of hydrogen-bond acceptors (Lipinski definition) is 5. The fourth-order valence-electron chi connectivity index (χ4n) is 4.00. The molecule has 0 bridgehead atoms. The maximum atomic E-state index is 12.7. The summed E-state index contributed by atoms with van der Waals surface area (Å²) in [6, 6.07) is 8.75. The predicted molar refractivity (Wildman–Crippen MR) is 107 cm³/mol. The number of carbonyl (C=O) groups is 1. The van der Waals surface area contributed by atoms with Gasteiger partial charge < -0.3 is 14.2 Å². The molecule has 146 valence electrons. The van der Waals surface area contributed by atoms with Crippen LogP contribution in [-0.2, 0) is 0 Å². The molecular formula is C22H24N2O4. The number of rotatable bonds is 5. The molecule has 0 spiro atoms. The summed E-state index contributed by atoms with van der Waals surface area (Å²) in [6.45, 7) is 6.15. The van der Waals surface area contributed by atoms with Gasteiger partial charge in [-0.25, -0.2) is 0 Å². The minimum Gasteiger partial charge on any atom is -0.468 e. The SMILES string of the molecule is Cc1cc(C)c2c(=O)cc(C(=O)NC[C@H](c3ccco3)N3CCCC3)oc2c1. The number of carbonyl (C=O) groups excluding carboxylic acids is 1. The molecular weight excluding hydrogens is 356 g/mol. The van der Waals surface area contributed by atoms with Crippen LogP contribution in [0.5, 0.6) is 0 Å². The molecule has 3 aromatic rings. The van der Waals surface area contributed by atoms with Gasteiger partial charge in [0.1, 0.15) is 11.3 Å². The minimum absolute atomic E-state index is 0.0295. The second-order valence-corrected chi connectivity index (χ2v) is 7.41. The molecule has 6 heteroatoms. The third-order valence-corrected chi connectivity index (χ3v) is 5.30. The molecule has 1 aliphatic rings. The topological polar surface area (TPSA) is 75.7 Å². The Balaban J connectivity index is 1.56. The van der Waals surface area contributed by atoms with Crippen molar-refractivity contribution in [3.8, 4) is 0 Å². The minimum atomic E-state index is -0.395. The summed E-state index contributed by atoms with van der Waals surface area (Å²) < 4.78 is 11.3. The Morgan fingerprint density at radius 1 is 1.21 bits per heavy atom. The zero-order chi connectivity index (χ0) is 19.7. The van der Waals surface area contributed by atoms with Crippen molar-refractivity contribution in [3.05, 3.63) is 69.5 Å². The standard InChI is InChI=1S/C22H24N2O4/c1-14-10-15(2)21-17(25)12-20(28-19(21)11-14)22(26)23-13-16(18-6-5-9-27-18)24-7-3-4-8-24/h5-6,9-12,16H,3-4,7-8,13H2,1-2H3,(H,23,26)/t16-/m1/s1. The summed E-state index contributed by atoms with van der Waals surface area (Å²) in [6.07, 6.45) is 3.93. The van der Waals surface area contributed by atoms with Crippen molar-refractivity contribution in [2.75, 3.05) is 19.6 Å². The summed E-state index contributed by atoms with van der Waals surface area (Å²) >= 11 is 0. The summed E-state index contributed by atoms with van der Waals surface area (Å²) in [4.78, 5) is 27.5. The van der Waals surface area contributed by atoms with Crippen LogP contribution in [-0.4, -0.2) is 30.4 Å². The molecule has 4 rings (SSSR count). The first-order valence-electron chi connectivity index (χ1n) is 9.63. The van der Waals surface area contributed by atoms with Crippen LogP contribution in [0.15, 0.2) is 50.2 Å². The maximum absolute atomic E-state index is 12.7. The average molecular weight is 380 g/mol. The van der Waals surface area contributed by atoms with Gasteiger partial charge in [0.05, 0.1) is 17.7 Å². The third-order valence-electron chi connectivity index (χ3n) is 5.30. The Morgan fingerprint density at radius 2 is 2.00 bits per heavy atom. The number of amides is 1. The number of furan rings is 1. The van der Waals surface area contributed by atoms with Crippen molar-refractivity contribution in [3.63, 3.8) is 0 Å². The number of hydrogen-bond donors (Lipinski definition) is 1. The molecule has 1 amide bonds. The highest BCUT2D eigenvalue weighted by atomic mass is 16.3. The molecule has 1 atom stereocenters. The van der Waals surface area contributed by atoms with E-state index >= 15 is 0 Å². The quantitative estimate of drug-likeness (QED) is 0.732. The summed E-state index contributed by atoms with van der Waals surface area (Å²) in [5.41, 5.74) is 2.07. The highest BCUT2D eigenvalue weighted by Gasteiger charge is 2.26. The van der Waals surface area contributed by atoms with Crippen molar-refractivity contribution in [1.82, 2.24) is 10.2 Å². The Hall–Kier alpha value is -2.86. The number of nitrogens with zero attached hydrogens (tertiary/aromatic N) is 1. The van der Waals surface area contributed by atoms with Gasteiger partial charge in [0, 0.05) is 12.6 Å². The van der Waals surface area contributed by atoms with Crippen molar-refractivity contribution < 1.29 is 13.6 Å². The van der Waals surface area contributed by atoms with Crippen molar-refractivity contribution in [1.29, 1.82) is 0 Å². The van der Waals surface area contributed by atoms with Crippen LogP contribution in [0, 0.1) is 13.8 Å². The van der Waals surface area contributed by atoms with Gasteiger partial charge in [0.25, 0.3) is 5.91 Å². The molecule has 0 aliphatic carbocycles. The fraction of sp³-hybridized carbons (Fsp3) is 0.364. The number of aryl methyl sites for hydroxylation is 2. The molecule has 28 heavy (non-hydrogen) atoms. The van der Waals surface area contributed by atoms with Crippen molar-refractivity contribution in [2.45, 2.75) is 32.7 Å². The molecule has 1 aromatic carbocycles. The average Bonchev–Trinajstić information content (AvgIpc) is 3.35. The van der Waals surface area contributed by atoms with Crippen LogP contribution in [0.1, 0.15) is 46.3 Å². The number of benzene rings is 1. The Labute approximate surface area is 163 Å². The molecule has 0 saturated carbocycles. The van der Waals surface area contributed by atoms with E-state index < -0.39 is 5.91 Å². The van der Waals surface area contributed by atoms with Crippen LogP contribution in [0.4, 0.5) is 0 Å². The van der Waals surface area contributed by atoms with Gasteiger partial charge in [-0.1, -0.05) is 6.07 Å². The van der Waals surface area contributed by atoms with E-state index in [1.807, 2.05) is 32.0 Å². The lowest BCUT2D eigenvalue weighted by molar-refractivity contribution is 0.0906. The normalized spacial score (nSPS) is 15.8. The Bertz CT molecular complexity index is 1050. The van der Waals surface area contributed by atoms with Crippen LogP contribution in [0.25, 0.3) is 11.0 Å².